The molecule has 0 spiro atoms. The molecule has 27 heavy (non-hydrogen) atoms. The Bertz CT molecular complexity index is 1110. The van der Waals surface area contributed by atoms with Crippen LogP contribution in [0.25, 0.3) is 17.0 Å². The molecule has 0 aliphatic heterocycles. The number of hydrogen-bond donors (Lipinski definition) is 2. The molecule has 2 N–H and O–H groups in total. The third-order valence-electron chi connectivity index (χ3n) is 3.83. The Morgan fingerprint density at radius 2 is 1.89 bits per heavy atom. The minimum Gasteiger partial charge on any atom is -0.308 e. The molecular weight excluding hydrogens is 369 g/mol. The zero-order valence-electron chi connectivity index (χ0n) is 13.9. The zero-order valence-corrected chi connectivity index (χ0v) is 14.6. The average molecular weight is 382 g/mol. The first-order valence-corrected chi connectivity index (χ1v) is 8.39. The Kier molecular flexibility index (Phi) is 4.43. The molecule has 4 aromatic rings. The summed E-state index contributed by atoms with van der Waals surface area (Å²) < 4.78 is 15.0. The second-order valence-electron chi connectivity index (χ2n) is 5.74. The Balaban J connectivity index is 1.51. The molecular formula is C19H13ClFN5O. The van der Waals surface area contributed by atoms with Crippen LogP contribution in [0.1, 0.15) is 0 Å². The first-order chi connectivity index (χ1) is 13.1. The number of nitrogens with zero attached hydrogens (tertiary/aromatic N) is 3. The van der Waals surface area contributed by atoms with Crippen molar-refractivity contribution in [3.63, 3.8) is 0 Å². The molecule has 2 amide bonds. The average Bonchev–Trinajstić information content (AvgIpc) is 3.09. The molecule has 0 aliphatic rings. The van der Waals surface area contributed by atoms with Gasteiger partial charge in [-0.05, 0) is 36.4 Å². The molecule has 0 saturated heterocycles. The number of carbonyl (C=O) groups is 1. The summed E-state index contributed by atoms with van der Waals surface area (Å²) in [5.74, 6) is 0.0501. The van der Waals surface area contributed by atoms with Crippen molar-refractivity contribution in [2.45, 2.75) is 0 Å². The third-order valence-corrected chi connectivity index (χ3v) is 4.12. The van der Waals surface area contributed by atoms with E-state index in [0.717, 1.165) is 11.3 Å². The fourth-order valence-electron chi connectivity index (χ4n) is 2.59. The fraction of sp³-hybridized carbons (Fsp3) is 0. The Morgan fingerprint density at radius 3 is 2.67 bits per heavy atom. The second-order valence-corrected chi connectivity index (χ2v) is 6.15. The van der Waals surface area contributed by atoms with E-state index in [1.807, 2.05) is 35.0 Å². The number of nitrogens with one attached hydrogen (secondary N) is 2. The van der Waals surface area contributed by atoms with Gasteiger partial charge in [0.15, 0.2) is 0 Å². The summed E-state index contributed by atoms with van der Waals surface area (Å²) in [5.41, 5.74) is 2.55. The largest absolute Gasteiger partial charge is 0.323 e. The summed E-state index contributed by atoms with van der Waals surface area (Å²) in [4.78, 5) is 20.8. The fourth-order valence-corrected chi connectivity index (χ4v) is 2.77. The lowest BCUT2D eigenvalue weighted by Gasteiger charge is -2.09. The highest BCUT2D eigenvalue weighted by Crippen LogP contribution is 2.23. The van der Waals surface area contributed by atoms with Gasteiger partial charge in [-0.3, -0.25) is 4.40 Å². The number of aromatic nitrogens is 3. The van der Waals surface area contributed by atoms with Gasteiger partial charge in [-0.1, -0.05) is 23.7 Å². The van der Waals surface area contributed by atoms with Crippen LogP contribution >= 0.6 is 11.6 Å². The number of halogens is 2. The Hall–Kier alpha value is -3.45. The van der Waals surface area contributed by atoms with Crippen LogP contribution in [0.2, 0.25) is 5.02 Å². The number of imidazole rings is 1. The maximum Gasteiger partial charge on any atom is 0.323 e. The summed E-state index contributed by atoms with van der Waals surface area (Å²) in [6.07, 6.45) is 5.40. The van der Waals surface area contributed by atoms with Crippen molar-refractivity contribution < 1.29 is 9.18 Å². The minimum atomic E-state index is -0.544. The normalized spacial score (nSPS) is 10.7. The molecule has 0 bridgehead atoms. The Labute approximate surface area is 158 Å². The van der Waals surface area contributed by atoms with Crippen LogP contribution in [0, 0.1) is 5.82 Å². The third kappa shape index (κ3) is 3.73. The summed E-state index contributed by atoms with van der Waals surface area (Å²) in [6, 6.07) is 12.6. The van der Waals surface area contributed by atoms with E-state index in [4.69, 9.17) is 11.6 Å². The maximum absolute atomic E-state index is 13.2. The monoisotopic (exact) mass is 381 g/mol. The van der Waals surface area contributed by atoms with Gasteiger partial charge in [0.2, 0.25) is 5.78 Å². The van der Waals surface area contributed by atoms with E-state index in [-0.39, 0.29) is 5.02 Å². The predicted molar refractivity (Wildman–Crippen MR) is 102 cm³/mol. The molecule has 0 fully saturated rings. The van der Waals surface area contributed by atoms with Crippen LogP contribution < -0.4 is 10.6 Å². The molecule has 0 radical (unpaired) electrons. The van der Waals surface area contributed by atoms with E-state index in [9.17, 15) is 9.18 Å². The maximum atomic E-state index is 13.2. The Morgan fingerprint density at radius 1 is 1.07 bits per heavy atom. The molecule has 134 valence electrons. The van der Waals surface area contributed by atoms with E-state index in [2.05, 4.69) is 20.6 Å². The van der Waals surface area contributed by atoms with Crippen LogP contribution in [-0.4, -0.2) is 20.4 Å². The highest BCUT2D eigenvalue weighted by molar-refractivity contribution is 6.31. The molecule has 2 aromatic carbocycles. The van der Waals surface area contributed by atoms with Crippen molar-refractivity contribution in [3.8, 4) is 11.3 Å². The number of urea groups is 1. The minimum absolute atomic E-state index is 0.0599. The number of hydrogen-bond acceptors (Lipinski definition) is 3. The summed E-state index contributed by atoms with van der Waals surface area (Å²) in [6.45, 7) is 0. The van der Waals surface area contributed by atoms with Crippen molar-refractivity contribution in [1.82, 2.24) is 14.4 Å². The molecule has 0 aliphatic carbocycles. The molecule has 2 aromatic heterocycles. The second kappa shape index (κ2) is 7.05. The standard InChI is InChI=1S/C19H13ClFN5O/c20-15-10-14(5-6-16(15)21)24-19(27)23-13-4-1-3-12(9-13)17-11-26-8-2-7-22-18(26)25-17/h1-11H,(H2,23,24,27). The molecule has 8 heteroatoms. The van der Waals surface area contributed by atoms with Gasteiger partial charge in [-0.25, -0.2) is 19.2 Å². The smallest absolute Gasteiger partial charge is 0.308 e. The molecule has 2 heterocycles. The zero-order chi connectivity index (χ0) is 18.8. The SMILES string of the molecule is O=C(Nc1cccc(-c2cn3cccnc3n2)c1)Nc1ccc(F)c(Cl)c1. The number of rotatable bonds is 3. The molecule has 0 atom stereocenters. The van der Waals surface area contributed by atoms with E-state index in [1.54, 1.807) is 18.3 Å². The van der Waals surface area contributed by atoms with Gasteiger partial charge in [0.05, 0.1) is 10.7 Å². The van der Waals surface area contributed by atoms with E-state index < -0.39 is 11.8 Å². The van der Waals surface area contributed by atoms with Gasteiger partial charge in [-0.15, -0.1) is 0 Å². The highest BCUT2D eigenvalue weighted by Gasteiger charge is 2.08. The number of anilines is 2. The van der Waals surface area contributed by atoms with Gasteiger partial charge >= 0.3 is 6.03 Å². The summed E-state index contributed by atoms with van der Waals surface area (Å²) >= 11 is 5.72. The van der Waals surface area contributed by atoms with E-state index in [1.165, 1.54) is 18.2 Å². The van der Waals surface area contributed by atoms with Gasteiger partial charge < -0.3 is 10.6 Å². The number of benzene rings is 2. The summed E-state index contributed by atoms with van der Waals surface area (Å²) in [7, 11) is 0. The molecule has 0 saturated carbocycles. The van der Waals surface area contributed by atoms with Crippen LogP contribution in [-0.2, 0) is 0 Å². The van der Waals surface area contributed by atoms with Gasteiger partial charge in [0.1, 0.15) is 5.82 Å². The van der Waals surface area contributed by atoms with Gasteiger partial charge in [0, 0.05) is 35.5 Å². The summed E-state index contributed by atoms with van der Waals surface area (Å²) in [5, 5.41) is 5.28. The first kappa shape index (κ1) is 17.0. The van der Waals surface area contributed by atoms with Crippen LogP contribution in [0.5, 0.6) is 0 Å². The lowest BCUT2D eigenvalue weighted by atomic mass is 10.1. The molecule has 0 unspecified atom stereocenters. The topological polar surface area (TPSA) is 71.3 Å². The van der Waals surface area contributed by atoms with E-state index >= 15 is 0 Å². The van der Waals surface area contributed by atoms with Crippen LogP contribution in [0.3, 0.4) is 0 Å². The van der Waals surface area contributed by atoms with Crippen LogP contribution in [0.15, 0.2) is 67.1 Å². The van der Waals surface area contributed by atoms with Gasteiger partial charge in [0.25, 0.3) is 0 Å². The van der Waals surface area contributed by atoms with Crippen molar-refractivity contribution >= 4 is 34.8 Å². The molecule has 6 nitrogen and oxygen atoms in total. The molecule has 4 rings (SSSR count). The lowest BCUT2D eigenvalue weighted by molar-refractivity contribution is 0.262. The number of fused-ring (bicyclic) bond motifs is 1. The van der Waals surface area contributed by atoms with Crippen LogP contribution in [0.4, 0.5) is 20.6 Å². The van der Waals surface area contributed by atoms with E-state index in [0.29, 0.717) is 17.2 Å². The van der Waals surface area contributed by atoms with Crippen molar-refractivity contribution in [1.29, 1.82) is 0 Å². The first-order valence-electron chi connectivity index (χ1n) is 8.02. The van der Waals surface area contributed by atoms with Gasteiger partial charge in [-0.2, -0.15) is 0 Å². The number of amides is 2. The number of carbonyl (C=O) groups excluding carboxylic acids is 1. The lowest BCUT2D eigenvalue weighted by Crippen LogP contribution is -2.19. The quantitative estimate of drug-likeness (QED) is 0.533. The van der Waals surface area contributed by atoms with Crippen molar-refractivity contribution in [2.75, 3.05) is 10.6 Å². The highest BCUT2D eigenvalue weighted by atomic mass is 35.5. The van der Waals surface area contributed by atoms with Crippen molar-refractivity contribution in [3.05, 3.63) is 78.0 Å². The predicted octanol–water partition coefficient (Wildman–Crippen LogP) is 4.83. The van der Waals surface area contributed by atoms with Crippen molar-refractivity contribution in [2.24, 2.45) is 0 Å².